The van der Waals surface area contributed by atoms with Gasteiger partial charge in [-0.15, -0.1) is 0 Å². The number of carbonyl (C=O) groups excluding carboxylic acids is 1. The van der Waals surface area contributed by atoms with Gasteiger partial charge in [0.25, 0.3) is 11.8 Å². The van der Waals surface area contributed by atoms with Crippen molar-refractivity contribution in [3.63, 3.8) is 0 Å². The summed E-state index contributed by atoms with van der Waals surface area (Å²) < 4.78 is 5.40. The Morgan fingerprint density at radius 3 is 2.67 bits per heavy atom. The molecule has 1 heterocycles. The van der Waals surface area contributed by atoms with E-state index in [0.717, 1.165) is 11.1 Å². The molecule has 0 aliphatic carbocycles. The zero-order valence-corrected chi connectivity index (χ0v) is 13.9. The maximum atomic E-state index is 12.4. The molecule has 0 atom stereocenters. The Hall–Kier alpha value is -2.95. The Morgan fingerprint density at radius 1 is 1.12 bits per heavy atom. The molecule has 0 fully saturated rings. The van der Waals surface area contributed by atoms with Gasteiger partial charge < -0.3 is 9.84 Å². The summed E-state index contributed by atoms with van der Waals surface area (Å²) in [5.74, 6) is 0.685. The van der Waals surface area contributed by atoms with Crippen LogP contribution in [0.5, 0.6) is 0 Å². The Morgan fingerprint density at radius 2 is 1.92 bits per heavy atom. The number of hydrogen-bond acceptors (Lipinski definition) is 4. The molecule has 2 aromatic carbocycles. The van der Waals surface area contributed by atoms with Crippen LogP contribution in [-0.2, 0) is 0 Å². The second kappa shape index (κ2) is 6.66. The van der Waals surface area contributed by atoms with Gasteiger partial charge in [-0.2, -0.15) is 4.98 Å². The minimum atomic E-state index is -0.157. The molecule has 0 radical (unpaired) electrons. The predicted octanol–water partition coefficient (Wildman–Crippen LogP) is 3.85. The molecule has 0 aliphatic rings. The van der Waals surface area contributed by atoms with E-state index in [9.17, 15) is 4.79 Å². The van der Waals surface area contributed by atoms with Gasteiger partial charge in [-0.1, -0.05) is 41.1 Å². The van der Waals surface area contributed by atoms with Crippen molar-refractivity contribution in [3.05, 3.63) is 59.7 Å². The first-order valence-electron chi connectivity index (χ1n) is 7.85. The molecular weight excluding hydrogens is 302 g/mol. The number of aryl methyl sites for hydroxylation is 1. The van der Waals surface area contributed by atoms with Crippen molar-refractivity contribution in [1.82, 2.24) is 15.5 Å². The number of hydrogen-bond donors (Lipinski definition) is 1. The molecule has 3 aromatic rings. The zero-order valence-electron chi connectivity index (χ0n) is 13.9. The average molecular weight is 321 g/mol. The van der Waals surface area contributed by atoms with E-state index in [1.807, 2.05) is 63.2 Å². The van der Waals surface area contributed by atoms with Gasteiger partial charge in [-0.05, 0) is 39.0 Å². The highest BCUT2D eigenvalue weighted by atomic mass is 16.5. The van der Waals surface area contributed by atoms with E-state index in [2.05, 4.69) is 15.5 Å². The lowest BCUT2D eigenvalue weighted by Gasteiger charge is -2.10. The SMILES string of the molecule is Cc1cccc(-c2noc(-c3ccccc3C(=O)NC(C)C)n2)c1. The molecule has 0 spiro atoms. The zero-order chi connectivity index (χ0) is 17.1. The Balaban J connectivity index is 1.98. The van der Waals surface area contributed by atoms with Crippen LogP contribution in [0.3, 0.4) is 0 Å². The molecule has 5 heteroatoms. The molecule has 3 rings (SSSR count). The van der Waals surface area contributed by atoms with Crippen molar-refractivity contribution in [1.29, 1.82) is 0 Å². The molecule has 1 N–H and O–H groups in total. The highest BCUT2D eigenvalue weighted by Gasteiger charge is 2.18. The normalized spacial score (nSPS) is 10.8. The first kappa shape index (κ1) is 15.9. The molecule has 24 heavy (non-hydrogen) atoms. The van der Waals surface area contributed by atoms with Crippen molar-refractivity contribution in [3.8, 4) is 22.8 Å². The van der Waals surface area contributed by atoms with E-state index < -0.39 is 0 Å². The summed E-state index contributed by atoms with van der Waals surface area (Å²) in [5.41, 5.74) is 3.15. The number of aromatic nitrogens is 2. The van der Waals surface area contributed by atoms with E-state index >= 15 is 0 Å². The third-order valence-corrected chi connectivity index (χ3v) is 3.52. The first-order chi connectivity index (χ1) is 11.5. The van der Waals surface area contributed by atoms with Gasteiger partial charge in [-0.25, -0.2) is 0 Å². The fourth-order valence-electron chi connectivity index (χ4n) is 2.44. The van der Waals surface area contributed by atoms with Crippen LogP contribution >= 0.6 is 0 Å². The minimum Gasteiger partial charge on any atom is -0.350 e. The quantitative estimate of drug-likeness (QED) is 0.792. The van der Waals surface area contributed by atoms with E-state index in [1.165, 1.54) is 0 Å². The lowest BCUT2D eigenvalue weighted by Crippen LogP contribution is -2.30. The van der Waals surface area contributed by atoms with Crippen LogP contribution in [0.4, 0.5) is 0 Å². The fourth-order valence-corrected chi connectivity index (χ4v) is 2.44. The van der Waals surface area contributed by atoms with Crippen LogP contribution < -0.4 is 5.32 Å². The van der Waals surface area contributed by atoms with E-state index in [4.69, 9.17) is 4.52 Å². The summed E-state index contributed by atoms with van der Waals surface area (Å²) >= 11 is 0. The number of benzene rings is 2. The van der Waals surface area contributed by atoms with Crippen molar-refractivity contribution < 1.29 is 9.32 Å². The number of amides is 1. The average Bonchev–Trinajstić information content (AvgIpc) is 3.04. The molecule has 1 aromatic heterocycles. The number of carbonyl (C=O) groups is 1. The van der Waals surface area contributed by atoms with Crippen LogP contribution in [0.25, 0.3) is 22.8 Å². The summed E-state index contributed by atoms with van der Waals surface area (Å²) in [6.45, 7) is 5.85. The molecule has 0 saturated carbocycles. The van der Waals surface area contributed by atoms with E-state index in [1.54, 1.807) is 6.07 Å². The van der Waals surface area contributed by atoms with Crippen molar-refractivity contribution in [2.24, 2.45) is 0 Å². The summed E-state index contributed by atoms with van der Waals surface area (Å²) in [4.78, 5) is 16.8. The largest absolute Gasteiger partial charge is 0.350 e. The van der Waals surface area contributed by atoms with Gasteiger partial charge in [0, 0.05) is 11.6 Å². The molecule has 1 amide bonds. The molecule has 0 saturated heterocycles. The standard InChI is InChI=1S/C19H19N3O2/c1-12(2)20-18(23)15-9-4-5-10-16(15)19-21-17(22-24-19)14-8-6-7-13(3)11-14/h4-12H,1-3H3,(H,20,23). The lowest BCUT2D eigenvalue weighted by atomic mass is 10.1. The van der Waals surface area contributed by atoms with Crippen LogP contribution in [0, 0.1) is 6.92 Å². The summed E-state index contributed by atoms with van der Waals surface area (Å²) in [5, 5.41) is 6.93. The number of nitrogens with one attached hydrogen (secondary N) is 1. The monoisotopic (exact) mass is 321 g/mol. The van der Waals surface area contributed by atoms with E-state index in [-0.39, 0.29) is 11.9 Å². The molecular formula is C19H19N3O2. The first-order valence-corrected chi connectivity index (χ1v) is 7.85. The van der Waals surface area contributed by atoms with Crippen molar-refractivity contribution >= 4 is 5.91 Å². The summed E-state index contributed by atoms with van der Waals surface area (Å²) in [6.07, 6.45) is 0. The molecule has 5 nitrogen and oxygen atoms in total. The van der Waals surface area contributed by atoms with Gasteiger partial charge in [0.2, 0.25) is 5.82 Å². The third kappa shape index (κ3) is 3.35. The van der Waals surface area contributed by atoms with Gasteiger partial charge in [0.15, 0.2) is 0 Å². The van der Waals surface area contributed by atoms with Gasteiger partial charge in [-0.3, -0.25) is 4.79 Å². The maximum absolute atomic E-state index is 12.4. The second-order valence-corrected chi connectivity index (χ2v) is 5.97. The third-order valence-electron chi connectivity index (χ3n) is 3.52. The molecule has 0 aliphatic heterocycles. The maximum Gasteiger partial charge on any atom is 0.259 e. The van der Waals surface area contributed by atoms with Crippen LogP contribution in [0.1, 0.15) is 29.8 Å². The van der Waals surface area contributed by atoms with Gasteiger partial charge in [0.05, 0.1) is 11.1 Å². The van der Waals surface area contributed by atoms with Crippen LogP contribution in [0.15, 0.2) is 53.1 Å². The highest BCUT2D eigenvalue weighted by molar-refractivity contribution is 6.00. The Bertz CT molecular complexity index is 868. The van der Waals surface area contributed by atoms with E-state index in [0.29, 0.717) is 22.8 Å². The molecule has 0 unspecified atom stereocenters. The topological polar surface area (TPSA) is 68.0 Å². The van der Waals surface area contributed by atoms with Gasteiger partial charge >= 0.3 is 0 Å². The number of rotatable bonds is 4. The lowest BCUT2D eigenvalue weighted by molar-refractivity contribution is 0.0943. The second-order valence-electron chi connectivity index (χ2n) is 5.97. The Kier molecular flexibility index (Phi) is 4.42. The Labute approximate surface area is 140 Å². The summed E-state index contributed by atoms with van der Waals surface area (Å²) in [7, 11) is 0. The predicted molar refractivity (Wildman–Crippen MR) is 92.5 cm³/mol. The fraction of sp³-hybridized carbons (Fsp3) is 0.211. The van der Waals surface area contributed by atoms with Gasteiger partial charge in [0.1, 0.15) is 0 Å². The minimum absolute atomic E-state index is 0.0519. The van der Waals surface area contributed by atoms with Crippen molar-refractivity contribution in [2.75, 3.05) is 0 Å². The summed E-state index contributed by atoms with van der Waals surface area (Å²) in [6, 6.07) is 15.2. The smallest absolute Gasteiger partial charge is 0.259 e. The highest BCUT2D eigenvalue weighted by Crippen LogP contribution is 2.25. The molecule has 0 bridgehead atoms. The number of nitrogens with zero attached hydrogens (tertiary/aromatic N) is 2. The molecule has 122 valence electrons. The van der Waals surface area contributed by atoms with Crippen molar-refractivity contribution in [2.45, 2.75) is 26.8 Å². The van der Waals surface area contributed by atoms with Crippen LogP contribution in [-0.4, -0.2) is 22.1 Å². The van der Waals surface area contributed by atoms with Crippen LogP contribution in [0.2, 0.25) is 0 Å².